The van der Waals surface area contributed by atoms with Crippen LogP contribution in [-0.4, -0.2) is 36.8 Å². The van der Waals surface area contributed by atoms with Crippen LogP contribution < -0.4 is 0 Å². The highest BCUT2D eigenvalue weighted by Crippen LogP contribution is 2.11. The first-order valence-electron chi connectivity index (χ1n) is 5.57. The van der Waals surface area contributed by atoms with Crippen molar-refractivity contribution in [2.75, 3.05) is 27.2 Å². The number of terminal acetylenes is 1. The van der Waals surface area contributed by atoms with Gasteiger partial charge in [-0.25, -0.2) is 0 Å². The summed E-state index contributed by atoms with van der Waals surface area (Å²) >= 11 is 0. The summed E-state index contributed by atoms with van der Waals surface area (Å²) in [6, 6.07) is 7.40. The first-order chi connectivity index (χ1) is 7.53. The van der Waals surface area contributed by atoms with Gasteiger partial charge in [0.05, 0.1) is 33.6 Å². The molecule has 1 rings (SSSR count). The van der Waals surface area contributed by atoms with Gasteiger partial charge in [0.2, 0.25) is 0 Å². The Hall–Kier alpha value is -1.46. The Labute approximate surface area is 98.1 Å². The van der Waals surface area contributed by atoms with Gasteiger partial charge in [-0.3, -0.25) is 0 Å². The molecule has 0 aliphatic rings. The molecule has 0 aliphatic heterocycles. The van der Waals surface area contributed by atoms with E-state index in [1.807, 2.05) is 12.1 Å². The van der Waals surface area contributed by atoms with E-state index in [2.05, 4.69) is 20.0 Å². The van der Waals surface area contributed by atoms with E-state index in [1.165, 1.54) is 5.56 Å². The van der Waals surface area contributed by atoms with Crippen molar-refractivity contribution in [2.24, 2.45) is 0 Å². The van der Waals surface area contributed by atoms with Crippen LogP contribution in [0.1, 0.15) is 12.0 Å². The molecular weight excluding hydrogens is 198 g/mol. The number of rotatable bonds is 5. The van der Waals surface area contributed by atoms with Crippen LogP contribution >= 0.6 is 0 Å². The lowest BCUT2D eigenvalue weighted by Crippen LogP contribution is -2.41. The van der Waals surface area contributed by atoms with Crippen molar-refractivity contribution in [2.45, 2.75) is 12.8 Å². The van der Waals surface area contributed by atoms with Crippen LogP contribution in [0.25, 0.3) is 0 Å². The summed E-state index contributed by atoms with van der Waals surface area (Å²) in [6.07, 6.45) is 7.11. The Morgan fingerprint density at radius 3 is 2.38 bits per heavy atom. The van der Waals surface area contributed by atoms with E-state index >= 15 is 0 Å². The van der Waals surface area contributed by atoms with E-state index < -0.39 is 0 Å². The van der Waals surface area contributed by atoms with Crippen LogP contribution in [0.3, 0.4) is 0 Å². The zero-order valence-corrected chi connectivity index (χ0v) is 10.1. The van der Waals surface area contributed by atoms with Crippen molar-refractivity contribution in [1.29, 1.82) is 0 Å². The number of hydrogen-bond donors (Lipinski definition) is 1. The molecule has 0 spiro atoms. The first-order valence-corrected chi connectivity index (χ1v) is 5.57. The van der Waals surface area contributed by atoms with Crippen molar-refractivity contribution >= 4 is 0 Å². The number of phenols is 1. The van der Waals surface area contributed by atoms with Gasteiger partial charge in [0.1, 0.15) is 5.75 Å². The molecule has 0 atom stereocenters. The minimum absolute atomic E-state index is 0.324. The lowest BCUT2D eigenvalue weighted by Gasteiger charge is -2.29. The Kier molecular flexibility index (Phi) is 4.39. The molecule has 0 amide bonds. The standard InChI is InChI=1S/C14H19NO/c1-4-5-11-15(2,3)12-10-13-6-8-14(16)9-7-13/h1,6-9H,5,10-12H2,2-3H3/p+1. The Bertz CT molecular complexity index is 359. The molecule has 0 saturated heterocycles. The molecule has 0 aromatic heterocycles. The van der Waals surface area contributed by atoms with E-state index in [4.69, 9.17) is 6.42 Å². The van der Waals surface area contributed by atoms with Crippen molar-refractivity contribution < 1.29 is 9.59 Å². The molecule has 1 aromatic carbocycles. The summed E-state index contributed by atoms with van der Waals surface area (Å²) in [5.74, 6) is 3.00. The molecule has 0 aliphatic carbocycles. The van der Waals surface area contributed by atoms with Gasteiger partial charge in [0.25, 0.3) is 0 Å². The van der Waals surface area contributed by atoms with Gasteiger partial charge in [0.15, 0.2) is 0 Å². The SMILES string of the molecule is C#CCC[N+](C)(C)CCc1ccc(O)cc1. The number of hydrogen-bond acceptors (Lipinski definition) is 1. The average Bonchev–Trinajstić information content (AvgIpc) is 2.26. The fraction of sp³-hybridized carbons (Fsp3) is 0.429. The predicted octanol–water partition coefficient (Wildman–Crippen LogP) is 2.03. The molecule has 16 heavy (non-hydrogen) atoms. The quantitative estimate of drug-likeness (QED) is 0.592. The van der Waals surface area contributed by atoms with Gasteiger partial charge in [-0.2, -0.15) is 0 Å². The largest absolute Gasteiger partial charge is 0.508 e. The topological polar surface area (TPSA) is 20.2 Å². The zero-order chi connectivity index (χ0) is 12.0. The maximum absolute atomic E-state index is 9.17. The Morgan fingerprint density at radius 1 is 1.19 bits per heavy atom. The van der Waals surface area contributed by atoms with Crippen LogP contribution in [0.4, 0.5) is 0 Å². The minimum atomic E-state index is 0.324. The molecule has 0 saturated carbocycles. The molecule has 0 heterocycles. The second-order valence-corrected chi connectivity index (χ2v) is 4.75. The van der Waals surface area contributed by atoms with E-state index in [0.717, 1.165) is 30.4 Å². The van der Waals surface area contributed by atoms with Gasteiger partial charge in [-0.1, -0.05) is 12.1 Å². The third-order valence-electron chi connectivity index (χ3n) is 2.80. The van der Waals surface area contributed by atoms with Gasteiger partial charge in [-0.05, 0) is 17.7 Å². The average molecular weight is 218 g/mol. The van der Waals surface area contributed by atoms with Crippen molar-refractivity contribution in [3.05, 3.63) is 29.8 Å². The summed E-state index contributed by atoms with van der Waals surface area (Å²) in [4.78, 5) is 0. The summed E-state index contributed by atoms with van der Waals surface area (Å²) < 4.78 is 0.936. The van der Waals surface area contributed by atoms with Gasteiger partial charge >= 0.3 is 0 Å². The molecule has 1 aromatic rings. The molecular formula is C14H20NO+. The van der Waals surface area contributed by atoms with Crippen molar-refractivity contribution in [3.63, 3.8) is 0 Å². The van der Waals surface area contributed by atoms with Crippen LogP contribution in [0.15, 0.2) is 24.3 Å². The van der Waals surface area contributed by atoms with Crippen LogP contribution in [0.2, 0.25) is 0 Å². The maximum atomic E-state index is 9.17. The second kappa shape index (κ2) is 5.58. The number of phenolic OH excluding ortho intramolecular Hbond substituents is 1. The van der Waals surface area contributed by atoms with Crippen molar-refractivity contribution in [1.82, 2.24) is 0 Å². The maximum Gasteiger partial charge on any atom is 0.115 e. The lowest BCUT2D eigenvalue weighted by molar-refractivity contribution is -0.889. The Morgan fingerprint density at radius 2 is 1.81 bits per heavy atom. The number of nitrogens with zero attached hydrogens (tertiary/aromatic N) is 1. The van der Waals surface area contributed by atoms with E-state index in [0.29, 0.717) is 5.75 Å². The van der Waals surface area contributed by atoms with E-state index in [-0.39, 0.29) is 0 Å². The monoisotopic (exact) mass is 218 g/mol. The third kappa shape index (κ3) is 4.37. The first kappa shape index (κ1) is 12.6. The van der Waals surface area contributed by atoms with Crippen LogP contribution in [0.5, 0.6) is 5.75 Å². The second-order valence-electron chi connectivity index (χ2n) is 4.75. The molecule has 1 N–H and O–H groups in total. The molecule has 0 unspecified atom stereocenters. The predicted molar refractivity (Wildman–Crippen MR) is 67.1 cm³/mol. The van der Waals surface area contributed by atoms with E-state index in [1.54, 1.807) is 12.1 Å². The Balaban J connectivity index is 2.45. The third-order valence-corrected chi connectivity index (χ3v) is 2.80. The number of benzene rings is 1. The van der Waals surface area contributed by atoms with Gasteiger partial charge in [0, 0.05) is 6.42 Å². The van der Waals surface area contributed by atoms with Gasteiger partial charge in [-0.15, -0.1) is 12.3 Å². The van der Waals surface area contributed by atoms with Gasteiger partial charge < -0.3 is 9.59 Å². The van der Waals surface area contributed by atoms with E-state index in [9.17, 15) is 5.11 Å². The summed E-state index contributed by atoms with van der Waals surface area (Å²) in [7, 11) is 4.38. The lowest BCUT2D eigenvalue weighted by atomic mass is 10.1. The molecule has 86 valence electrons. The highest BCUT2D eigenvalue weighted by Gasteiger charge is 2.13. The molecule has 2 heteroatoms. The number of aromatic hydroxyl groups is 1. The molecule has 2 nitrogen and oxygen atoms in total. The summed E-state index contributed by atoms with van der Waals surface area (Å²) in [5.41, 5.74) is 1.25. The number of quaternary nitrogens is 1. The van der Waals surface area contributed by atoms with Crippen LogP contribution in [0, 0.1) is 12.3 Å². The zero-order valence-electron chi connectivity index (χ0n) is 10.1. The molecule has 0 radical (unpaired) electrons. The summed E-state index contributed by atoms with van der Waals surface area (Å²) in [5, 5.41) is 9.17. The normalized spacial score (nSPS) is 11.1. The van der Waals surface area contributed by atoms with Crippen molar-refractivity contribution in [3.8, 4) is 18.1 Å². The van der Waals surface area contributed by atoms with Crippen LogP contribution in [-0.2, 0) is 6.42 Å². The fourth-order valence-corrected chi connectivity index (χ4v) is 1.57. The summed E-state index contributed by atoms with van der Waals surface area (Å²) in [6.45, 7) is 2.07. The minimum Gasteiger partial charge on any atom is -0.508 e. The highest BCUT2D eigenvalue weighted by molar-refractivity contribution is 5.25. The number of likely N-dealkylation sites (N-methyl/N-ethyl adjacent to an activating group) is 1. The smallest absolute Gasteiger partial charge is 0.115 e. The fourth-order valence-electron chi connectivity index (χ4n) is 1.57. The highest BCUT2D eigenvalue weighted by atomic mass is 16.3. The molecule has 0 fully saturated rings. The molecule has 0 bridgehead atoms.